The molecule has 1 saturated heterocycles. The van der Waals surface area contributed by atoms with Gasteiger partial charge in [-0.1, -0.05) is 12.1 Å². The minimum absolute atomic E-state index is 0.541. The number of nitrogens with two attached hydrogens (primary N) is 2. The van der Waals surface area contributed by atoms with Gasteiger partial charge in [-0.05, 0) is 56.8 Å². The summed E-state index contributed by atoms with van der Waals surface area (Å²) in [7, 11) is 3.92. The Hall–Kier alpha value is -1.55. The molecule has 4 nitrogen and oxygen atoms in total. The molecule has 1 aromatic carbocycles. The van der Waals surface area contributed by atoms with Gasteiger partial charge in [0, 0.05) is 24.8 Å². The van der Waals surface area contributed by atoms with E-state index in [1.54, 1.807) is 7.05 Å². The van der Waals surface area contributed by atoms with Gasteiger partial charge in [0.15, 0.2) is 0 Å². The molecule has 1 aliphatic heterocycles. The number of likely N-dealkylation sites (tertiary alicyclic amines) is 1. The number of hydrogen-bond donors (Lipinski definition) is 2. The molecule has 0 spiro atoms. The second-order valence-corrected chi connectivity index (χ2v) is 5.80. The number of benzene rings is 1. The fourth-order valence-electron chi connectivity index (χ4n) is 3.12. The summed E-state index contributed by atoms with van der Waals surface area (Å²) in [5, 5.41) is 0. The van der Waals surface area contributed by atoms with E-state index in [-0.39, 0.29) is 0 Å². The Morgan fingerprint density at radius 3 is 2.95 bits per heavy atom. The predicted molar refractivity (Wildman–Crippen MR) is 86.0 cm³/mol. The van der Waals surface area contributed by atoms with Gasteiger partial charge in [-0.2, -0.15) is 0 Å². The van der Waals surface area contributed by atoms with Gasteiger partial charge >= 0.3 is 0 Å². The van der Waals surface area contributed by atoms with E-state index in [0.717, 1.165) is 23.6 Å². The number of rotatable bonds is 4. The van der Waals surface area contributed by atoms with Gasteiger partial charge in [-0.3, -0.25) is 4.99 Å². The van der Waals surface area contributed by atoms with Crippen molar-refractivity contribution < 1.29 is 0 Å². The molecule has 0 bridgehead atoms. The van der Waals surface area contributed by atoms with Crippen LogP contribution in [-0.2, 0) is 6.42 Å². The normalized spacial score (nSPS) is 21.1. The van der Waals surface area contributed by atoms with Gasteiger partial charge in [-0.25, -0.2) is 0 Å². The van der Waals surface area contributed by atoms with Gasteiger partial charge in [0.05, 0.1) is 0 Å². The monoisotopic (exact) mass is 274 g/mol. The maximum Gasteiger partial charge on any atom is 0.127 e. The zero-order valence-corrected chi connectivity index (χ0v) is 12.6. The van der Waals surface area contributed by atoms with Crippen LogP contribution in [0.15, 0.2) is 23.2 Å². The summed E-state index contributed by atoms with van der Waals surface area (Å²) in [6.45, 7) is 2.43. The highest BCUT2D eigenvalue weighted by Gasteiger charge is 2.18. The molecule has 1 fully saturated rings. The zero-order valence-electron chi connectivity index (χ0n) is 12.6. The van der Waals surface area contributed by atoms with Crippen molar-refractivity contribution in [2.75, 3.05) is 32.9 Å². The van der Waals surface area contributed by atoms with E-state index in [2.05, 4.69) is 23.0 Å². The first kappa shape index (κ1) is 14.9. The zero-order chi connectivity index (χ0) is 14.5. The molecule has 110 valence electrons. The lowest BCUT2D eigenvalue weighted by atomic mass is 9.90. The Labute approximate surface area is 121 Å². The van der Waals surface area contributed by atoms with Crippen LogP contribution in [0.5, 0.6) is 0 Å². The van der Waals surface area contributed by atoms with Crippen LogP contribution in [0.25, 0.3) is 0 Å². The van der Waals surface area contributed by atoms with Gasteiger partial charge in [0.25, 0.3) is 0 Å². The van der Waals surface area contributed by atoms with Crippen LogP contribution in [0.4, 0.5) is 5.69 Å². The van der Waals surface area contributed by atoms with Crippen LogP contribution in [0.1, 0.15) is 30.4 Å². The number of anilines is 1. The molecule has 0 aliphatic carbocycles. The SMILES string of the molecule is C/N=C(/N)c1c(N)cccc1CCC1CCCN(C)C1. The standard InChI is InChI=1S/C16H26N4/c1-19-16(18)15-13(6-3-7-14(15)17)9-8-12-5-4-10-20(2)11-12/h3,6-7,12H,4-5,8-11,17H2,1-2H3,(H2,18,19). The van der Waals surface area contributed by atoms with E-state index in [1.807, 2.05) is 12.1 Å². The quantitative estimate of drug-likeness (QED) is 0.500. The molecule has 0 aromatic heterocycles. The van der Waals surface area contributed by atoms with Crippen LogP contribution in [0, 0.1) is 5.92 Å². The van der Waals surface area contributed by atoms with Crippen molar-refractivity contribution in [2.45, 2.75) is 25.7 Å². The summed E-state index contributed by atoms with van der Waals surface area (Å²) in [5.41, 5.74) is 14.9. The Morgan fingerprint density at radius 1 is 1.45 bits per heavy atom. The highest BCUT2D eigenvalue weighted by atomic mass is 15.1. The second kappa shape index (κ2) is 6.75. The smallest absolute Gasteiger partial charge is 0.127 e. The van der Waals surface area contributed by atoms with E-state index >= 15 is 0 Å². The van der Waals surface area contributed by atoms with E-state index in [9.17, 15) is 0 Å². The van der Waals surface area contributed by atoms with Crippen LogP contribution in [0.3, 0.4) is 0 Å². The van der Waals surface area contributed by atoms with Gasteiger partial charge in [0.1, 0.15) is 5.84 Å². The predicted octanol–water partition coefficient (Wildman–Crippen LogP) is 1.88. The molecule has 1 aliphatic rings. The van der Waals surface area contributed by atoms with Crippen molar-refractivity contribution in [1.29, 1.82) is 0 Å². The Balaban J connectivity index is 2.07. The third-order valence-corrected chi connectivity index (χ3v) is 4.22. The Morgan fingerprint density at radius 2 is 2.25 bits per heavy atom. The molecule has 0 saturated carbocycles. The summed E-state index contributed by atoms with van der Waals surface area (Å²) >= 11 is 0. The number of nitrogens with zero attached hydrogens (tertiary/aromatic N) is 2. The molecular weight excluding hydrogens is 248 g/mol. The lowest BCUT2D eigenvalue weighted by molar-refractivity contribution is 0.202. The molecule has 0 radical (unpaired) electrons. The number of piperidine rings is 1. The van der Waals surface area contributed by atoms with Gasteiger partial charge in [0.2, 0.25) is 0 Å². The lowest BCUT2D eigenvalue weighted by Crippen LogP contribution is -2.32. The van der Waals surface area contributed by atoms with Crippen LogP contribution in [0.2, 0.25) is 0 Å². The van der Waals surface area contributed by atoms with Crippen LogP contribution >= 0.6 is 0 Å². The van der Waals surface area contributed by atoms with Crippen LogP contribution < -0.4 is 11.5 Å². The number of aryl methyl sites for hydroxylation is 1. The molecule has 1 heterocycles. The van der Waals surface area contributed by atoms with Crippen LogP contribution in [-0.4, -0.2) is 37.9 Å². The molecular formula is C16H26N4. The highest BCUT2D eigenvalue weighted by Crippen LogP contribution is 2.24. The van der Waals surface area contributed by atoms with E-state index in [1.165, 1.54) is 37.9 Å². The maximum atomic E-state index is 6.06. The minimum Gasteiger partial charge on any atom is -0.398 e. The van der Waals surface area contributed by atoms with Crippen molar-refractivity contribution in [1.82, 2.24) is 4.90 Å². The lowest BCUT2D eigenvalue weighted by Gasteiger charge is -2.29. The first-order valence-corrected chi connectivity index (χ1v) is 7.40. The topological polar surface area (TPSA) is 67.6 Å². The van der Waals surface area contributed by atoms with E-state index in [0.29, 0.717) is 5.84 Å². The molecule has 20 heavy (non-hydrogen) atoms. The second-order valence-electron chi connectivity index (χ2n) is 5.80. The van der Waals surface area contributed by atoms with Crippen molar-refractivity contribution in [3.63, 3.8) is 0 Å². The van der Waals surface area contributed by atoms with Crippen molar-refractivity contribution in [2.24, 2.45) is 16.6 Å². The number of nitrogen functional groups attached to an aromatic ring is 1. The molecule has 4 heteroatoms. The fourth-order valence-corrected chi connectivity index (χ4v) is 3.12. The molecule has 1 unspecified atom stereocenters. The average Bonchev–Trinajstić information content (AvgIpc) is 2.44. The summed E-state index contributed by atoms with van der Waals surface area (Å²) < 4.78 is 0. The summed E-state index contributed by atoms with van der Waals surface area (Å²) in [5.74, 6) is 1.32. The Kier molecular flexibility index (Phi) is 5.01. The highest BCUT2D eigenvalue weighted by molar-refractivity contribution is 6.03. The van der Waals surface area contributed by atoms with E-state index in [4.69, 9.17) is 11.5 Å². The first-order valence-electron chi connectivity index (χ1n) is 7.40. The average molecular weight is 274 g/mol. The maximum absolute atomic E-state index is 6.06. The Bertz CT molecular complexity index is 481. The summed E-state index contributed by atoms with van der Waals surface area (Å²) in [6, 6.07) is 6.02. The first-order chi connectivity index (χ1) is 9.61. The largest absolute Gasteiger partial charge is 0.398 e. The third kappa shape index (κ3) is 3.51. The summed E-state index contributed by atoms with van der Waals surface area (Å²) in [6.07, 6.45) is 4.86. The molecule has 0 amide bonds. The van der Waals surface area contributed by atoms with Crippen molar-refractivity contribution in [3.8, 4) is 0 Å². The van der Waals surface area contributed by atoms with E-state index < -0.39 is 0 Å². The minimum atomic E-state index is 0.541. The molecule has 1 atom stereocenters. The van der Waals surface area contributed by atoms with Crippen molar-refractivity contribution in [3.05, 3.63) is 29.3 Å². The molecule has 1 aromatic rings. The van der Waals surface area contributed by atoms with Gasteiger partial charge in [-0.15, -0.1) is 0 Å². The third-order valence-electron chi connectivity index (χ3n) is 4.22. The summed E-state index contributed by atoms with van der Waals surface area (Å²) in [4.78, 5) is 6.52. The fraction of sp³-hybridized carbons (Fsp3) is 0.562. The van der Waals surface area contributed by atoms with Gasteiger partial charge < -0.3 is 16.4 Å². The number of aliphatic imine (C=N–C) groups is 1. The number of hydrogen-bond acceptors (Lipinski definition) is 3. The number of amidine groups is 1. The molecule has 4 N–H and O–H groups in total. The molecule has 2 rings (SSSR count). The van der Waals surface area contributed by atoms with Crippen molar-refractivity contribution >= 4 is 11.5 Å².